The highest BCUT2D eigenvalue weighted by Crippen LogP contribution is 2.24. The van der Waals surface area contributed by atoms with Gasteiger partial charge in [0.05, 0.1) is 24.0 Å². The number of benzene rings is 2. The van der Waals surface area contributed by atoms with Crippen molar-refractivity contribution in [2.24, 2.45) is 5.92 Å². The lowest BCUT2D eigenvalue weighted by Gasteiger charge is -2.31. The maximum absolute atomic E-state index is 12.9. The molecule has 174 valence electrons. The molecule has 0 radical (unpaired) electrons. The average molecular weight is 471 g/mol. The second-order valence-corrected chi connectivity index (χ2v) is 9.64. The van der Waals surface area contributed by atoms with Crippen molar-refractivity contribution in [3.8, 4) is 17.1 Å². The molecule has 1 amide bonds. The van der Waals surface area contributed by atoms with Gasteiger partial charge in [-0.3, -0.25) is 4.79 Å². The minimum atomic E-state index is -3.63. The first-order valence-corrected chi connectivity index (χ1v) is 12.3. The summed E-state index contributed by atoms with van der Waals surface area (Å²) in [4.78, 5) is 17.3. The number of piperidine rings is 1. The summed E-state index contributed by atoms with van der Waals surface area (Å²) in [5.74, 6) is 0.777. The van der Waals surface area contributed by atoms with Gasteiger partial charge < -0.3 is 14.6 Å². The van der Waals surface area contributed by atoms with Gasteiger partial charge in [0.25, 0.3) is 0 Å². The molecule has 2 heterocycles. The number of carbonyl (C=O) groups is 1. The molecule has 1 aromatic heterocycles. The van der Waals surface area contributed by atoms with Gasteiger partial charge in [-0.25, -0.2) is 8.42 Å². The van der Waals surface area contributed by atoms with Crippen LogP contribution in [-0.2, 0) is 21.4 Å². The fourth-order valence-electron chi connectivity index (χ4n) is 3.73. The number of aromatic nitrogens is 2. The van der Waals surface area contributed by atoms with E-state index in [1.807, 2.05) is 31.2 Å². The lowest BCUT2D eigenvalue weighted by atomic mass is 9.99. The van der Waals surface area contributed by atoms with Crippen LogP contribution in [0.15, 0.2) is 64.0 Å². The van der Waals surface area contributed by atoms with E-state index in [0.29, 0.717) is 31.8 Å². The number of sulfonamides is 1. The number of rotatable bonds is 8. The molecule has 0 spiro atoms. The fraction of sp³-hybridized carbons (Fsp3) is 0.348. The number of nitrogens with one attached hydrogen (secondary N) is 1. The van der Waals surface area contributed by atoms with E-state index >= 15 is 0 Å². The summed E-state index contributed by atoms with van der Waals surface area (Å²) in [5.41, 5.74) is 0.772. The largest absolute Gasteiger partial charge is 0.494 e. The van der Waals surface area contributed by atoms with Crippen LogP contribution in [0.5, 0.6) is 5.75 Å². The third-order valence-corrected chi connectivity index (χ3v) is 7.32. The smallest absolute Gasteiger partial charge is 0.246 e. The summed E-state index contributed by atoms with van der Waals surface area (Å²) >= 11 is 0. The molecule has 2 aromatic carbocycles. The van der Waals surface area contributed by atoms with Crippen molar-refractivity contribution in [1.29, 1.82) is 0 Å². The van der Waals surface area contributed by atoms with Gasteiger partial charge >= 0.3 is 0 Å². The average Bonchev–Trinajstić information content (AvgIpc) is 3.33. The molecule has 9 nitrogen and oxygen atoms in total. The van der Waals surface area contributed by atoms with E-state index < -0.39 is 15.9 Å². The number of carbonyl (C=O) groups excluding carboxylic acids is 1. The van der Waals surface area contributed by atoms with E-state index in [2.05, 4.69) is 15.5 Å². The highest BCUT2D eigenvalue weighted by atomic mass is 32.2. The molecule has 10 heteroatoms. The van der Waals surface area contributed by atoms with Gasteiger partial charge in [0.2, 0.25) is 27.6 Å². The van der Waals surface area contributed by atoms with Gasteiger partial charge in [0, 0.05) is 18.7 Å². The molecule has 1 fully saturated rings. The molecule has 3 aromatic rings. The Hall–Kier alpha value is -3.24. The standard InChI is InChI=1S/C23H26N4O5S/c1-2-31-19-12-10-17(11-13-19)22-25-21(32-26-22)15-24-23(28)18-7-6-14-27(16-18)33(29,30)20-8-4-3-5-9-20/h3-5,8-13,18H,2,6-7,14-16H2,1H3,(H,24,28). The van der Waals surface area contributed by atoms with E-state index in [0.717, 1.165) is 11.3 Å². The number of hydrogen-bond acceptors (Lipinski definition) is 7. The van der Waals surface area contributed by atoms with Crippen LogP contribution in [0.3, 0.4) is 0 Å². The van der Waals surface area contributed by atoms with Crippen molar-refractivity contribution < 1.29 is 22.5 Å². The third kappa shape index (κ3) is 5.40. The van der Waals surface area contributed by atoms with E-state index in [1.165, 1.54) is 4.31 Å². The van der Waals surface area contributed by atoms with Crippen molar-refractivity contribution in [2.75, 3.05) is 19.7 Å². The molecule has 1 saturated heterocycles. The van der Waals surface area contributed by atoms with Crippen LogP contribution < -0.4 is 10.1 Å². The van der Waals surface area contributed by atoms with Crippen LogP contribution in [-0.4, -0.2) is 48.5 Å². The monoisotopic (exact) mass is 470 g/mol. The zero-order chi connectivity index (χ0) is 23.3. The number of ether oxygens (including phenoxy) is 1. The summed E-state index contributed by atoms with van der Waals surface area (Å²) < 4.78 is 37.8. The first kappa shape index (κ1) is 22.9. The summed E-state index contributed by atoms with van der Waals surface area (Å²) in [6.07, 6.45) is 1.24. The molecular weight excluding hydrogens is 444 g/mol. The number of hydrogen-bond donors (Lipinski definition) is 1. The molecule has 1 aliphatic rings. The molecule has 1 atom stereocenters. The van der Waals surface area contributed by atoms with Crippen molar-refractivity contribution in [3.05, 3.63) is 60.5 Å². The van der Waals surface area contributed by atoms with Crippen LogP contribution in [0.25, 0.3) is 11.4 Å². The van der Waals surface area contributed by atoms with Gasteiger partial charge in [-0.15, -0.1) is 0 Å². The van der Waals surface area contributed by atoms with Crippen molar-refractivity contribution in [1.82, 2.24) is 19.8 Å². The Morgan fingerprint density at radius 2 is 1.94 bits per heavy atom. The Morgan fingerprint density at radius 3 is 2.67 bits per heavy atom. The van der Waals surface area contributed by atoms with Crippen molar-refractivity contribution in [2.45, 2.75) is 31.2 Å². The molecule has 0 bridgehead atoms. The zero-order valence-electron chi connectivity index (χ0n) is 18.3. The van der Waals surface area contributed by atoms with Crippen LogP contribution >= 0.6 is 0 Å². The normalized spacial score (nSPS) is 16.9. The summed E-state index contributed by atoms with van der Waals surface area (Å²) in [6, 6.07) is 15.6. The number of nitrogens with zero attached hydrogens (tertiary/aromatic N) is 3. The van der Waals surface area contributed by atoms with E-state index in [-0.39, 0.29) is 29.8 Å². The van der Waals surface area contributed by atoms with Gasteiger partial charge in [-0.1, -0.05) is 23.4 Å². The molecule has 0 saturated carbocycles. The first-order valence-electron chi connectivity index (χ1n) is 10.9. The fourth-order valence-corrected chi connectivity index (χ4v) is 5.28. The van der Waals surface area contributed by atoms with Gasteiger partial charge in [-0.2, -0.15) is 9.29 Å². The highest BCUT2D eigenvalue weighted by molar-refractivity contribution is 7.89. The Morgan fingerprint density at radius 1 is 1.18 bits per heavy atom. The maximum Gasteiger partial charge on any atom is 0.246 e. The SMILES string of the molecule is CCOc1ccc(-c2noc(CNC(=O)C3CCCN(S(=O)(=O)c4ccccc4)C3)n2)cc1. The van der Waals surface area contributed by atoms with E-state index in [4.69, 9.17) is 9.26 Å². The predicted octanol–water partition coefficient (Wildman–Crippen LogP) is 2.85. The summed E-state index contributed by atoms with van der Waals surface area (Å²) in [7, 11) is -3.63. The lowest BCUT2D eigenvalue weighted by Crippen LogP contribution is -2.45. The maximum atomic E-state index is 12.9. The second-order valence-electron chi connectivity index (χ2n) is 7.70. The zero-order valence-corrected chi connectivity index (χ0v) is 19.1. The summed E-state index contributed by atoms with van der Waals surface area (Å²) in [6.45, 7) is 3.12. The summed E-state index contributed by atoms with van der Waals surface area (Å²) in [5, 5.41) is 6.76. The molecule has 0 aliphatic carbocycles. The van der Waals surface area contributed by atoms with E-state index in [9.17, 15) is 13.2 Å². The lowest BCUT2D eigenvalue weighted by molar-refractivity contribution is -0.126. The molecular formula is C23H26N4O5S. The minimum absolute atomic E-state index is 0.0742. The quantitative estimate of drug-likeness (QED) is 0.538. The van der Waals surface area contributed by atoms with Gasteiger partial charge in [-0.05, 0) is 56.2 Å². The Balaban J connectivity index is 1.34. The molecule has 1 unspecified atom stereocenters. The first-order chi connectivity index (χ1) is 16.0. The predicted molar refractivity (Wildman–Crippen MR) is 121 cm³/mol. The van der Waals surface area contributed by atoms with Crippen LogP contribution in [0, 0.1) is 5.92 Å². The van der Waals surface area contributed by atoms with Gasteiger partial charge in [0.15, 0.2) is 0 Å². The van der Waals surface area contributed by atoms with Crippen molar-refractivity contribution in [3.63, 3.8) is 0 Å². The van der Waals surface area contributed by atoms with Crippen LogP contribution in [0.1, 0.15) is 25.7 Å². The van der Waals surface area contributed by atoms with Crippen LogP contribution in [0.4, 0.5) is 0 Å². The molecule has 1 aliphatic heterocycles. The number of amides is 1. The van der Waals surface area contributed by atoms with Crippen molar-refractivity contribution >= 4 is 15.9 Å². The Kier molecular flexibility index (Phi) is 7.05. The topological polar surface area (TPSA) is 115 Å². The molecule has 1 N–H and O–H groups in total. The third-order valence-electron chi connectivity index (χ3n) is 5.44. The molecule has 33 heavy (non-hydrogen) atoms. The Labute approximate surface area is 192 Å². The van der Waals surface area contributed by atoms with Gasteiger partial charge in [0.1, 0.15) is 5.75 Å². The second kappa shape index (κ2) is 10.1. The Bertz CT molecular complexity index is 1180. The van der Waals surface area contributed by atoms with E-state index in [1.54, 1.807) is 30.3 Å². The molecule has 4 rings (SSSR count). The van der Waals surface area contributed by atoms with Crippen LogP contribution in [0.2, 0.25) is 0 Å². The minimum Gasteiger partial charge on any atom is -0.494 e. The highest BCUT2D eigenvalue weighted by Gasteiger charge is 2.33.